The molecule has 1 atom stereocenters. The molecule has 5 heteroatoms. The van der Waals surface area contributed by atoms with Crippen molar-refractivity contribution in [2.24, 2.45) is 0 Å². The molecule has 0 radical (unpaired) electrons. The van der Waals surface area contributed by atoms with Gasteiger partial charge >= 0.3 is 0 Å². The van der Waals surface area contributed by atoms with Crippen molar-refractivity contribution >= 4 is 22.6 Å². The zero-order valence-electron chi connectivity index (χ0n) is 18.3. The number of ether oxygens (including phenoxy) is 1. The van der Waals surface area contributed by atoms with Crippen molar-refractivity contribution < 1.29 is 9.53 Å². The molecule has 4 aromatic rings. The molecule has 1 aromatic heterocycles. The normalized spacial score (nSPS) is 16.1. The molecule has 2 heterocycles. The highest BCUT2D eigenvalue weighted by molar-refractivity contribution is 5.97. The van der Waals surface area contributed by atoms with Gasteiger partial charge < -0.3 is 14.2 Å². The third-order valence-corrected chi connectivity index (χ3v) is 6.10. The van der Waals surface area contributed by atoms with Gasteiger partial charge in [0.15, 0.2) is 0 Å². The van der Waals surface area contributed by atoms with Crippen LogP contribution in [-0.2, 0) is 17.8 Å². The Hall–Kier alpha value is -3.60. The highest BCUT2D eigenvalue weighted by atomic mass is 16.5. The van der Waals surface area contributed by atoms with Gasteiger partial charge in [0.2, 0.25) is 5.91 Å². The fourth-order valence-electron chi connectivity index (χ4n) is 4.60. The Kier molecular flexibility index (Phi) is 5.63. The van der Waals surface area contributed by atoms with Gasteiger partial charge in [-0.15, -0.1) is 0 Å². The second-order valence-corrected chi connectivity index (χ2v) is 8.15. The van der Waals surface area contributed by atoms with Gasteiger partial charge in [0.25, 0.3) is 0 Å². The van der Waals surface area contributed by atoms with Crippen LogP contribution in [0.25, 0.3) is 11.0 Å². The molecule has 1 saturated heterocycles. The van der Waals surface area contributed by atoms with E-state index in [0.29, 0.717) is 19.6 Å². The van der Waals surface area contributed by atoms with E-state index in [0.717, 1.165) is 41.3 Å². The van der Waals surface area contributed by atoms with Gasteiger partial charge in [-0.3, -0.25) is 4.79 Å². The van der Waals surface area contributed by atoms with Crippen molar-refractivity contribution in [1.29, 1.82) is 0 Å². The van der Waals surface area contributed by atoms with E-state index in [2.05, 4.69) is 47.0 Å². The van der Waals surface area contributed by atoms with E-state index in [1.807, 2.05) is 48.2 Å². The summed E-state index contributed by atoms with van der Waals surface area (Å²) in [5.41, 5.74) is 4.25. The van der Waals surface area contributed by atoms with E-state index in [1.54, 1.807) is 0 Å². The fourth-order valence-corrected chi connectivity index (χ4v) is 4.60. The van der Waals surface area contributed by atoms with Gasteiger partial charge in [0.05, 0.1) is 23.3 Å². The lowest BCUT2D eigenvalue weighted by Gasteiger charge is -2.20. The van der Waals surface area contributed by atoms with E-state index < -0.39 is 0 Å². The molecule has 0 saturated carbocycles. The van der Waals surface area contributed by atoms with E-state index in [9.17, 15) is 4.79 Å². The van der Waals surface area contributed by atoms with Gasteiger partial charge in [-0.1, -0.05) is 54.6 Å². The Bertz CT molecular complexity index is 1230. The number of aromatic nitrogens is 2. The molecule has 162 valence electrons. The van der Waals surface area contributed by atoms with Crippen molar-refractivity contribution in [2.45, 2.75) is 32.2 Å². The van der Waals surface area contributed by atoms with Crippen LogP contribution in [0.1, 0.15) is 30.7 Å². The molecule has 1 amide bonds. The van der Waals surface area contributed by atoms with Gasteiger partial charge in [0, 0.05) is 25.4 Å². The van der Waals surface area contributed by atoms with Crippen LogP contribution in [0.2, 0.25) is 0 Å². The van der Waals surface area contributed by atoms with Crippen LogP contribution in [0.3, 0.4) is 0 Å². The molecule has 0 unspecified atom stereocenters. The minimum atomic E-state index is 0.0420. The molecule has 32 heavy (non-hydrogen) atoms. The summed E-state index contributed by atoms with van der Waals surface area (Å²) in [6, 6.07) is 26.5. The smallest absolute Gasteiger partial charge is 0.227 e. The monoisotopic (exact) mass is 425 g/mol. The Morgan fingerprint density at radius 1 is 0.969 bits per heavy atom. The third kappa shape index (κ3) is 3.86. The number of benzene rings is 3. The minimum Gasteiger partial charge on any atom is -0.492 e. The zero-order chi connectivity index (χ0) is 21.9. The van der Waals surface area contributed by atoms with Crippen LogP contribution in [0.15, 0.2) is 78.9 Å². The number of fused-ring (bicyclic) bond motifs is 1. The average Bonchev–Trinajstić information content (AvgIpc) is 3.39. The van der Waals surface area contributed by atoms with Crippen LogP contribution < -0.4 is 9.64 Å². The fraction of sp³-hybridized carbons (Fsp3) is 0.259. The number of aryl methyl sites for hydroxylation is 2. The van der Waals surface area contributed by atoms with Crippen molar-refractivity contribution in [3.05, 3.63) is 90.3 Å². The first kappa shape index (κ1) is 20.3. The predicted octanol–water partition coefficient (Wildman–Crippen LogP) is 5.20. The maximum atomic E-state index is 13.1. The van der Waals surface area contributed by atoms with Crippen LogP contribution in [0, 0.1) is 0 Å². The van der Waals surface area contributed by atoms with Gasteiger partial charge in [-0.2, -0.15) is 0 Å². The standard InChI is InChI=1S/C27H27N3O2/c1-2-32-25-15-9-8-14-24(25)30-19-21(18-26(30)31)27-28-22-12-6-7-13-23(22)29(27)17-16-20-10-4-3-5-11-20/h3-15,21H,2,16-19H2,1H3/t21-/m1/s1. The first-order chi connectivity index (χ1) is 15.7. The molecule has 0 bridgehead atoms. The van der Waals surface area contributed by atoms with Gasteiger partial charge in [-0.05, 0) is 43.2 Å². The number of anilines is 1. The lowest BCUT2D eigenvalue weighted by atomic mass is 10.1. The summed E-state index contributed by atoms with van der Waals surface area (Å²) in [5.74, 6) is 1.90. The number of nitrogens with zero attached hydrogens (tertiary/aromatic N) is 3. The van der Waals surface area contributed by atoms with Crippen LogP contribution in [0.5, 0.6) is 5.75 Å². The molecule has 0 N–H and O–H groups in total. The Labute approximate surface area is 188 Å². The molecule has 3 aromatic carbocycles. The summed E-state index contributed by atoms with van der Waals surface area (Å²) in [4.78, 5) is 19.9. The van der Waals surface area contributed by atoms with E-state index in [4.69, 9.17) is 9.72 Å². The zero-order valence-corrected chi connectivity index (χ0v) is 18.3. The number of imidazole rings is 1. The average molecular weight is 426 g/mol. The van der Waals surface area contributed by atoms with Crippen LogP contribution >= 0.6 is 0 Å². The van der Waals surface area contributed by atoms with E-state index >= 15 is 0 Å². The number of carbonyl (C=O) groups excluding carboxylic acids is 1. The lowest BCUT2D eigenvalue weighted by molar-refractivity contribution is -0.117. The number of rotatable bonds is 7. The summed E-state index contributed by atoms with van der Waals surface area (Å²) >= 11 is 0. The first-order valence-corrected chi connectivity index (χ1v) is 11.3. The van der Waals surface area contributed by atoms with E-state index in [-0.39, 0.29) is 11.8 Å². The van der Waals surface area contributed by atoms with Crippen molar-refractivity contribution in [1.82, 2.24) is 9.55 Å². The predicted molar refractivity (Wildman–Crippen MR) is 127 cm³/mol. The molecular weight excluding hydrogens is 398 g/mol. The number of carbonyl (C=O) groups is 1. The second kappa shape index (κ2) is 8.87. The van der Waals surface area contributed by atoms with Crippen LogP contribution in [-0.4, -0.2) is 28.6 Å². The molecule has 1 aliphatic heterocycles. The molecule has 1 aliphatic rings. The number of hydrogen-bond donors (Lipinski definition) is 0. The molecule has 5 rings (SSSR count). The second-order valence-electron chi connectivity index (χ2n) is 8.15. The highest BCUT2D eigenvalue weighted by Crippen LogP contribution is 2.37. The third-order valence-electron chi connectivity index (χ3n) is 6.10. The Morgan fingerprint density at radius 2 is 1.72 bits per heavy atom. The van der Waals surface area contributed by atoms with E-state index in [1.165, 1.54) is 5.56 Å². The maximum Gasteiger partial charge on any atom is 0.227 e. The van der Waals surface area contributed by atoms with Crippen LogP contribution in [0.4, 0.5) is 5.69 Å². The molecule has 0 aliphatic carbocycles. The minimum absolute atomic E-state index is 0.0420. The number of para-hydroxylation sites is 4. The molecule has 5 nitrogen and oxygen atoms in total. The molecule has 0 spiro atoms. The quantitative estimate of drug-likeness (QED) is 0.409. The Balaban J connectivity index is 1.46. The topological polar surface area (TPSA) is 47.4 Å². The summed E-state index contributed by atoms with van der Waals surface area (Å²) in [5, 5.41) is 0. The lowest BCUT2D eigenvalue weighted by Crippen LogP contribution is -2.25. The number of hydrogen-bond acceptors (Lipinski definition) is 3. The van der Waals surface area contributed by atoms with Crippen molar-refractivity contribution in [3.8, 4) is 5.75 Å². The largest absolute Gasteiger partial charge is 0.492 e. The summed E-state index contributed by atoms with van der Waals surface area (Å²) < 4.78 is 8.09. The van der Waals surface area contributed by atoms with Gasteiger partial charge in [-0.25, -0.2) is 4.98 Å². The molecular formula is C27H27N3O2. The maximum absolute atomic E-state index is 13.1. The summed E-state index contributed by atoms with van der Waals surface area (Å²) in [7, 11) is 0. The molecule has 1 fully saturated rings. The summed E-state index contributed by atoms with van der Waals surface area (Å²) in [6.45, 7) is 3.97. The number of amides is 1. The Morgan fingerprint density at radius 3 is 2.56 bits per heavy atom. The van der Waals surface area contributed by atoms with Gasteiger partial charge in [0.1, 0.15) is 11.6 Å². The van der Waals surface area contributed by atoms with Crippen molar-refractivity contribution in [3.63, 3.8) is 0 Å². The van der Waals surface area contributed by atoms with Crippen molar-refractivity contribution in [2.75, 3.05) is 18.1 Å². The summed E-state index contributed by atoms with van der Waals surface area (Å²) in [6.07, 6.45) is 1.38. The highest BCUT2D eigenvalue weighted by Gasteiger charge is 2.35. The first-order valence-electron chi connectivity index (χ1n) is 11.3. The SMILES string of the molecule is CCOc1ccccc1N1C[C@H](c2nc3ccccc3n2CCc2ccccc2)CC1=O.